The molecule has 0 bridgehead atoms. The van der Waals surface area contributed by atoms with Gasteiger partial charge in [-0.1, -0.05) is 0 Å². The van der Waals surface area contributed by atoms with Crippen LogP contribution in [-0.4, -0.2) is 61.7 Å². The number of rotatable bonds is 6. The van der Waals surface area contributed by atoms with Crippen molar-refractivity contribution in [3.05, 3.63) is 24.2 Å². The molecule has 0 spiro atoms. The monoisotopic (exact) mass is 479 g/mol. The van der Waals surface area contributed by atoms with E-state index in [1.54, 1.807) is 24.0 Å². The summed E-state index contributed by atoms with van der Waals surface area (Å²) in [7, 11) is 0. The molecule has 2 amide bonds. The highest BCUT2D eigenvalue weighted by Crippen LogP contribution is 2.11. The molecule has 1 aromatic heterocycles. The average Bonchev–Trinajstić information content (AvgIpc) is 3.14. The molecule has 1 aliphatic heterocycles. The van der Waals surface area contributed by atoms with Crippen LogP contribution in [0.4, 0.5) is 4.79 Å². The predicted octanol–water partition coefficient (Wildman–Crippen LogP) is 1.15. The van der Waals surface area contributed by atoms with E-state index in [4.69, 9.17) is 14.9 Å². The first-order valence-electron chi connectivity index (χ1n) is 8.40. The number of furan rings is 1. The number of likely N-dealkylation sites (tertiary alicyclic amines) is 1. The molecule has 4 N–H and O–H groups in total. The fraction of sp³-hybridized carbons (Fsp3) is 0.562. The predicted molar refractivity (Wildman–Crippen MR) is 108 cm³/mol. The highest BCUT2D eigenvalue weighted by atomic mass is 127. The number of halogens is 1. The summed E-state index contributed by atoms with van der Waals surface area (Å²) in [5.74, 6) is 0.323. The lowest BCUT2D eigenvalue weighted by Gasteiger charge is -2.31. The molecular weight excluding hydrogens is 453 g/mol. The number of piperidine rings is 1. The van der Waals surface area contributed by atoms with Crippen molar-refractivity contribution in [2.75, 3.05) is 32.8 Å². The van der Waals surface area contributed by atoms with Crippen molar-refractivity contribution >= 4 is 41.9 Å². The molecule has 1 fully saturated rings. The zero-order valence-corrected chi connectivity index (χ0v) is 17.1. The largest absolute Gasteiger partial charge is 0.459 e. The number of carbonyl (C=O) groups is 2. The molecule has 2 rings (SSSR count). The molecule has 10 heteroatoms. The zero-order chi connectivity index (χ0) is 18.1. The topological polar surface area (TPSA) is 122 Å². The minimum absolute atomic E-state index is 0. The van der Waals surface area contributed by atoms with Gasteiger partial charge in [0.1, 0.15) is 0 Å². The molecule has 1 aromatic rings. The molecule has 1 saturated heterocycles. The molecule has 2 heterocycles. The van der Waals surface area contributed by atoms with Crippen LogP contribution in [0.3, 0.4) is 0 Å². The van der Waals surface area contributed by atoms with E-state index in [9.17, 15) is 9.59 Å². The van der Waals surface area contributed by atoms with Crippen LogP contribution in [0.1, 0.15) is 30.3 Å². The van der Waals surface area contributed by atoms with Gasteiger partial charge < -0.3 is 30.4 Å². The van der Waals surface area contributed by atoms with Gasteiger partial charge in [0.15, 0.2) is 11.7 Å². The summed E-state index contributed by atoms with van der Waals surface area (Å²) in [6.07, 6.45) is 2.74. The van der Waals surface area contributed by atoms with Crippen LogP contribution in [-0.2, 0) is 4.74 Å². The van der Waals surface area contributed by atoms with E-state index in [1.807, 2.05) is 0 Å². The molecule has 0 aromatic carbocycles. The van der Waals surface area contributed by atoms with Crippen LogP contribution in [0.2, 0.25) is 0 Å². The third kappa shape index (κ3) is 7.10. The molecule has 0 aliphatic carbocycles. The lowest BCUT2D eigenvalue weighted by atomic mass is 10.1. The van der Waals surface area contributed by atoms with Gasteiger partial charge in [-0.3, -0.25) is 9.79 Å². The molecule has 0 saturated carbocycles. The number of guanidine groups is 1. The van der Waals surface area contributed by atoms with Gasteiger partial charge in [-0.05, 0) is 31.9 Å². The Morgan fingerprint density at radius 2 is 2.15 bits per heavy atom. The number of nitrogens with two attached hydrogens (primary N) is 1. The van der Waals surface area contributed by atoms with Crippen molar-refractivity contribution < 1.29 is 18.7 Å². The Morgan fingerprint density at radius 3 is 2.77 bits per heavy atom. The Morgan fingerprint density at radius 1 is 1.42 bits per heavy atom. The second-order valence-corrected chi connectivity index (χ2v) is 5.60. The van der Waals surface area contributed by atoms with E-state index < -0.39 is 0 Å². The molecule has 146 valence electrons. The van der Waals surface area contributed by atoms with Gasteiger partial charge in [0, 0.05) is 25.7 Å². The molecule has 0 atom stereocenters. The summed E-state index contributed by atoms with van der Waals surface area (Å²) in [6.45, 7) is 4.16. The zero-order valence-electron chi connectivity index (χ0n) is 14.8. The molecule has 0 radical (unpaired) electrons. The van der Waals surface area contributed by atoms with Crippen molar-refractivity contribution in [2.24, 2.45) is 10.7 Å². The van der Waals surface area contributed by atoms with Crippen molar-refractivity contribution in [3.63, 3.8) is 0 Å². The van der Waals surface area contributed by atoms with Crippen LogP contribution in [0, 0.1) is 0 Å². The number of nitrogens with one attached hydrogen (secondary N) is 2. The second kappa shape index (κ2) is 11.6. The van der Waals surface area contributed by atoms with Gasteiger partial charge in [0.05, 0.1) is 19.4 Å². The Bertz CT molecular complexity index is 585. The Labute approximate surface area is 169 Å². The van der Waals surface area contributed by atoms with Crippen molar-refractivity contribution in [1.29, 1.82) is 0 Å². The van der Waals surface area contributed by atoms with Gasteiger partial charge in [0.25, 0.3) is 5.91 Å². The number of aliphatic imine (C=N–C) groups is 1. The van der Waals surface area contributed by atoms with E-state index in [1.165, 1.54) is 6.26 Å². The maximum Gasteiger partial charge on any atom is 0.409 e. The Balaban J connectivity index is 0.00000338. The first-order chi connectivity index (χ1) is 12.1. The van der Waals surface area contributed by atoms with E-state index in [-0.39, 0.29) is 47.8 Å². The van der Waals surface area contributed by atoms with Gasteiger partial charge >= 0.3 is 6.09 Å². The quantitative estimate of drug-likeness (QED) is 0.244. The minimum Gasteiger partial charge on any atom is -0.459 e. The van der Waals surface area contributed by atoms with Gasteiger partial charge in [-0.15, -0.1) is 24.0 Å². The molecule has 1 aliphatic rings. The van der Waals surface area contributed by atoms with Gasteiger partial charge in [-0.2, -0.15) is 0 Å². The molecular formula is C16H26IN5O4. The Hall–Kier alpha value is -1.98. The van der Waals surface area contributed by atoms with Crippen LogP contribution < -0.4 is 16.4 Å². The standard InChI is InChI=1S/C16H25N5O4.HI/c1-2-24-16(23)21-9-5-12(6-10-21)20-15(17)19-8-7-18-14(22)13-4-3-11-25-13;/h3-4,11-12H,2,5-10H2,1H3,(H,18,22)(H3,17,19,20);1H. The van der Waals surface area contributed by atoms with Gasteiger partial charge in [-0.25, -0.2) is 4.79 Å². The van der Waals surface area contributed by atoms with Crippen molar-refractivity contribution in [2.45, 2.75) is 25.8 Å². The average molecular weight is 479 g/mol. The lowest BCUT2D eigenvalue weighted by molar-refractivity contribution is 0.0925. The first kappa shape index (κ1) is 22.1. The smallest absolute Gasteiger partial charge is 0.409 e. The van der Waals surface area contributed by atoms with E-state index in [0.717, 1.165) is 12.8 Å². The van der Waals surface area contributed by atoms with Crippen LogP contribution >= 0.6 is 24.0 Å². The summed E-state index contributed by atoms with van der Waals surface area (Å²) in [5, 5.41) is 5.84. The van der Waals surface area contributed by atoms with E-state index >= 15 is 0 Å². The molecule has 26 heavy (non-hydrogen) atoms. The van der Waals surface area contributed by atoms with E-state index in [2.05, 4.69) is 15.6 Å². The highest BCUT2D eigenvalue weighted by Gasteiger charge is 2.23. The highest BCUT2D eigenvalue weighted by molar-refractivity contribution is 14.0. The van der Waals surface area contributed by atoms with Crippen LogP contribution in [0.15, 0.2) is 27.8 Å². The van der Waals surface area contributed by atoms with Crippen molar-refractivity contribution in [1.82, 2.24) is 15.5 Å². The lowest BCUT2D eigenvalue weighted by Crippen LogP contribution is -2.48. The summed E-state index contributed by atoms with van der Waals surface area (Å²) in [4.78, 5) is 29.2. The number of carbonyl (C=O) groups excluding carboxylic acids is 2. The van der Waals surface area contributed by atoms with Crippen molar-refractivity contribution in [3.8, 4) is 0 Å². The molecule has 9 nitrogen and oxygen atoms in total. The maximum atomic E-state index is 11.7. The SMILES string of the molecule is CCOC(=O)N1CCC(NC(N)=NCCNC(=O)c2ccco2)CC1.I. The van der Waals surface area contributed by atoms with Gasteiger partial charge in [0.2, 0.25) is 0 Å². The minimum atomic E-state index is -0.280. The third-order valence-corrected chi connectivity index (χ3v) is 3.80. The maximum absolute atomic E-state index is 11.7. The summed E-state index contributed by atoms with van der Waals surface area (Å²) in [6, 6.07) is 3.42. The summed E-state index contributed by atoms with van der Waals surface area (Å²) in [5.41, 5.74) is 5.86. The molecule has 0 unspecified atom stereocenters. The second-order valence-electron chi connectivity index (χ2n) is 5.60. The number of nitrogens with zero attached hydrogens (tertiary/aromatic N) is 2. The normalized spacial score (nSPS) is 15.1. The fourth-order valence-corrected chi connectivity index (χ4v) is 2.52. The first-order valence-corrected chi connectivity index (χ1v) is 8.40. The number of amides is 2. The summed E-state index contributed by atoms with van der Waals surface area (Å²) >= 11 is 0. The summed E-state index contributed by atoms with van der Waals surface area (Å²) < 4.78 is 9.98. The number of ether oxygens (including phenoxy) is 1. The van der Waals surface area contributed by atoms with Crippen LogP contribution in [0.5, 0.6) is 0 Å². The number of hydrogen-bond donors (Lipinski definition) is 3. The van der Waals surface area contributed by atoms with Crippen LogP contribution in [0.25, 0.3) is 0 Å². The fourth-order valence-electron chi connectivity index (χ4n) is 2.52. The Kier molecular flexibility index (Phi) is 9.84. The number of hydrogen-bond acceptors (Lipinski definition) is 5. The third-order valence-electron chi connectivity index (χ3n) is 3.80. The van der Waals surface area contributed by atoms with E-state index in [0.29, 0.717) is 38.7 Å².